The first-order valence-electron chi connectivity index (χ1n) is 4.51. The standard InChI is InChI=1S/C10H13FN2OS/c1-13(5-6-15-2)10(14)8-3-4-12-9(11)7-8/h3-4,7H,5-6H2,1-2H3. The Balaban J connectivity index is 2.67. The topological polar surface area (TPSA) is 33.2 Å². The molecule has 82 valence electrons. The van der Waals surface area contributed by atoms with Gasteiger partial charge in [-0.15, -0.1) is 0 Å². The molecule has 1 aromatic rings. The molecule has 0 atom stereocenters. The van der Waals surface area contributed by atoms with Crippen molar-refractivity contribution in [2.75, 3.05) is 25.6 Å². The van der Waals surface area contributed by atoms with Crippen molar-refractivity contribution in [2.45, 2.75) is 0 Å². The molecule has 15 heavy (non-hydrogen) atoms. The quantitative estimate of drug-likeness (QED) is 0.735. The molecule has 0 aromatic carbocycles. The van der Waals surface area contributed by atoms with Gasteiger partial charge < -0.3 is 4.90 Å². The number of pyridine rings is 1. The van der Waals surface area contributed by atoms with Crippen LogP contribution in [0.2, 0.25) is 0 Å². The summed E-state index contributed by atoms with van der Waals surface area (Å²) in [4.78, 5) is 16.7. The third kappa shape index (κ3) is 3.51. The molecule has 1 amide bonds. The second-order valence-corrected chi connectivity index (χ2v) is 4.07. The van der Waals surface area contributed by atoms with Gasteiger partial charge in [-0.3, -0.25) is 4.79 Å². The van der Waals surface area contributed by atoms with Crippen molar-refractivity contribution in [3.8, 4) is 0 Å². The van der Waals surface area contributed by atoms with Crippen LogP contribution in [0.4, 0.5) is 4.39 Å². The van der Waals surface area contributed by atoms with E-state index in [2.05, 4.69) is 4.98 Å². The van der Waals surface area contributed by atoms with E-state index in [-0.39, 0.29) is 5.91 Å². The van der Waals surface area contributed by atoms with Gasteiger partial charge in [-0.05, 0) is 12.3 Å². The van der Waals surface area contributed by atoms with Gasteiger partial charge >= 0.3 is 0 Å². The fourth-order valence-corrected chi connectivity index (χ4v) is 1.54. The van der Waals surface area contributed by atoms with E-state index in [1.807, 2.05) is 6.26 Å². The minimum absolute atomic E-state index is 0.176. The van der Waals surface area contributed by atoms with Crippen molar-refractivity contribution in [3.63, 3.8) is 0 Å². The third-order valence-corrected chi connectivity index (χ3v) is 2.54. The Labute approximate surface area is 92.7 Å². The Kier molecular flexibility index (Phi) is 4.55. The second kappa shape index (κ2) is 5.70. The summed E-state index contributed by atoms with van der Waals surface area (Å²) in [6.07, 6.45) is 3.27. The first-order valence-corrected chi connectivity index (χ1v) is 5.90. The number of hydrogen-bond donors (Lipinski definition) is 0. The summed E-state index contributed by atoms with van der Waals surface area (Å²) in [5.41, 5.74) is 0.339. The van der Waals surface area contributed by atoms with Crippen LogP contribution in [0.3, 0.4) is 0 Å². The molecular weight excluding hydrogens is 215 g/mol. The van der Waals surface area contributed by atoms with Crippen molar-refractivity contribution < 1.29 is 9.18 Å². The van der Waals surface area contributed by atoms with Crippen molar-refractivity contribution in [1.29, 1.82) is 0 Å². The SMILES string of the molecule is CSCCN(C)C(=O)c1ccnc(F)c1. The molecule has 1 aromatic heterocycles. The molecule has 0 aliphatic rings. The Morgan fingerprint density at radius 1 is 1.67 bits per heavy atom. The zero-order chi connectivity index (χ0) is 11.3. The van der Waals surface area contributed by atoms with Crippen LogP contribution in [0.25, 0.3) is 0 Å². The van der Waals surface area contributed by atoms with Gasteiger partial charge in [0.05, 0.1) is 0 Å². The Bertz CT molecular complexity index is 346. The van der Waals surface area contributed by atoms with E-state index >= 15 is 0 Å². The maximum atomic E-state index is 12.8. The summed E-state index contributed by atoms with van der Waals surface area (Å²) in [5.74, 6) is 0.0694. The van der Waals surface area contributed by atoms with Gasteiger partial charge in [-0.25, -0.2) is 4.98 Å². The predicted molar refractivity (Wildman–Crippen MR) is 59.5 cm³/mol. The highest BCUT2D eigenvalue weighted by molar-refractivity contribution is 7.98. The zero-order valence-electron chi connectivity index (χ0n) is 8.74. The molecule has 0 fully saturated rings. The van der Waals surface area contributed by atoms with Crippen LogP contribution in [-0.4, -0.2) is 41.4 Å². The number of carbonyl (C=O) groups excluding carboxylic acids is 1. The molecule has 0 bridgehead atoms. The molecule has 0 unspecified atom stereocenters. The lowest BCUT2D eigenvalue weighted by molar-refractivity contribution is 0.0803. The highest BCUT2D eigenvalue weighted by atomic mass is 32.2. The van der Waals surface area contributed by atoms with E-state index in [0.717, 1.165) is 11.8 Å². The molecule has 0 N–H and O–H groups in total. The van der Waals surface area contributed by atoms with Gasteiger partial charge in [0.25, 0.3) is 5.91 Å². The number of hydrogen-bond acceptors (Lipinski definition) is 3. The van der Waals surface area contributed by atoms with Crippen LogP contribution in [0.5, 0.6) is 0 Å². The zero-order valence-corrected chi connectivity index (χ0v) is 9.55. The van der Waals surface area contributed by atoms with Crippen LogP contribution in [-0.2, 0) is 0 Å². The molecule has 0 radical (unpaired) electrons. The number of thioether (sulfide) groups is 1. The summed E-state index contributed by atoms with van der Waals surface area (Å²) in [6, 6.07) is 2.67. The summed E-state index contributed by atoms with van der Waals surface area (Å²) in [5, 5.41) is 0. The monoisotopic (exact) mass is 228 g/mol. The summed E-state index contributed by atoms with van der Waals surface area (Å²) < 4.78 is 12.8. The number of halogens is 1. The van der Waals surface area contributed by atoms with Crippen molar-refractivity contribution in [3.05, 3.63) is 29.8 Å². The number of aromatic nitrogens is 1. The second-order valence-electron chi connectivity index (χ2n) is 3.09. The molecule has 3 nitrogen and oxygen atoms in total. The Morgan fingerprint density at radius 2 is 2.40 bits per heavy atom. The van der Waals surface area contributed by atoms with E-state index in [0.29, 0.717) is 12.1 Å². The molecule has 1 heterocycles. The maximum absolute atomic E-state index is 12.8. The largest absolute Gasteiger partial charge is 0.341 e. The Morgan fingerprint density at radius 3 is 3.00 bits per heavy atom. The first-order chi connectivity index (χ1) is 7.15. The molecule has 0 aliphatic heterocycles. The van der Waals surface area contributed by atoms with Gasteiger partial charge in [0, 0.05) is 37.2 Å². The normalized spacial score (nSPS) is 10.1. The molecule has 0 saturated heterocycles. The maximum Gasteiger partial charge on any atom is 0.253 e. The molecule has 5 heteroatoms. The summed E-state index contributed by atoms with van der Waals surface area (Å²) in [6.45, 7) is 0.657. The van der Waals surface area contributed by atoms with E-state index in [4.69, 9.17) is 0 Å². The third-order valence-electron chi connectivity index (χ3n) is 1.95. The smallest absolute Gasteiger partial charge is 0.253 e. The highest BCUT2D eigenvalue weighted by Gasteiger charge is 2.11. The lowest BCUT2D eigenvalue weighted by Crippen LogP contribution is -2.28. The fraction of sp³-hybridized carbons (Fsp3) is 0.400. The lowest BCUT2D eigenvalue weighted by Gasteiger charge is -2.16. The van der Waals surface area contributed by atoms with Crippen LogP contribution in [0.15, 0.2) is 18.3 Å². The van der Waals surface area contributed by atoms with Crippen LogP contribution in [0.1, 0.15) is 10.4 Å². The van der Waals surface area contributed by atoms with Crippen LogP contribution >= 0.6 is 11.8 Å². The molecule has 0 aliphatic carbocycles. The van der Waals surface area contributed by atoms with E-state index in [1.165, 1.54) is 12.3 Å². The summed E-state index contributed by atoms with van der Waals surface area (Å²) in [7, 11) is 1.71. The lowest BCUT2D eigenvalue weighted by atomic mass is 10.2. The fourth-order valence-electron chi connectivity index (χ4n) is 1.09. The minimum Gasteiger partial charge on any atom is -0.341 e. The molecule has 0 spiro atoms. The molecular formula is C10H13FN2OS. The Hall–Kier alpha value is -1.10. The molecule has 1 rings (SSSR count). The van der Waals surface area contributed by atoms with Crippen LogP contribution in [0, 0.1) is 5.95 Å². The van der Waals surface area contributed by atoms with Gasteiger partial charge in [0.2, 0.25) is 5.95 Å². The van der Waals surface area contributed by atoms with Gasteiger partial charge in [-0.1, -0.05) is 0 Å². The number of nitrogens with zero attached hydrogens (tertiary/aromatic N) is 2. The van der Waals surface area contributed by atoms with Crippen molar-refractivity contribution >= 4 is 17.7 Å². The summed E-state index contributed by atoms with van der Waals surface area (Å²) >= 11 is 1.67. The highest BCUT2D eigenvalue weighted by Crippen LogP contribution is 2.05. The van der Waals surface area contributed by atoms with E-state index in [9.17, 15) is 9.18 Å². The van der Waals surface area contributed by atoms with Gasteiger partial charge in [-0.2, -0.15) is 16.2 Å². The van der Waals surface area contributed by atoms with Crippen molar-refractivity contribution in [2.24, 2.45) is 0 Å². The minimum atomic E-state index is -0.626. The average molecular weight is 228 g/mol. The van der Waals surface area contributed by atoms with Gasteiger partial charge in [0.1, 0.15) is 0 Å². The van der Waals surface area contributed by atoms with Gasteiger partial charge in [0.15, 0.2) is 0 Å². The van der Waals surface area contributed by atoms with Crippen molar-refractivity contribution in [1.82, 2.24) is 9.88 Å². The first kappa shape index (κ1) is 12.0. The van der Waals surface area contributed by atoms with Crippen LogP contribution < -0.4 is 0 Å². The number of rotatable bonds is 4. The molecule has 0 saturated carbocycles. The average Bonchev–Trinajstić information content (AvgIpc) is 2.24. The predicted octanol–water partition coefficient (Wildman–Crippen LogP) is 1.66. The van der Waals surface area contributed by atoms with E-state index in [1.54, 1.807) is 23.7 Å². The van der Waals surface area contributed by atoms with E-state index < -0.39 is 5.95 Å². The number of amides is 1. The number of carbonyl (C=O) groups is 1.